The molecule has 1 aromatic heterocycles. The molecule has 6 heteroatoms. The van der Waals surface area contributed by atoms with Crippen LogP contribution in [0.1, 0.15) is 34.9 Å². The number of nitrogens with one attached hydrogen (secondary N) is 2. The lowest BCUT2D eigenvalue weighted by Crippen LogP contribution is -2.38. The Morgan fingerprint density at radius 2 is 2.00 bits per heavy atom. The van der Waals surface area contributed by atoms with E-state index in [9.17, 15) is 9.59 Å². The molecule has 0 bridgehead atoms. The number of ketones is 1. The van der Waals surface area contributed by atoms with Gasteiger partial charge < -0.3 is 14.6 Å². The quantitative estimate of drug-likeness (QED) is 0.825. The maximum Gasteiger partial charge on any atom is 0.269 e. The molecule has 1 aliphatic rings. The van der Waals surface area contributed by atoms with Crippen molar-refractivity contribution in [2.24, 2.45) is 0 Å². The third kappa shape index (κ3) is 3.65. The Balaban J connectivity index is 1.60. The highest BCUT2D eigenvalue weighted by atomic mass is 16.5. The predicted molar refractivity (Wildman–Crippen MR) is 87.4 cm³/mol. The number of rotatable bonds is 5. The number of benzene rings is 1. The Morgan fingerprint density at radius 3 is 2.67 bits per heavy atom. The molecule has 0 spiro atoms. The van der Waals surface area contributed by atoms with Crippen molar-refractivity contribution in [3.63, 3.8) is 0 Å². The molecule has 2 aromatic rings. The summed E-state index contributed by atoms with van der Waals surface area (Å²) in [6, 6.07) is 10.4. The topological polar surface area (TPSA) is 80.6 Å². The zero-order valence-electron chi connectivity index (χ0n) is 13.2. The first-order valence-electron chi connectivity index (χ1n) is 7.63. The molecule has 2 N–H and O–H groups in total. The third-order valence-corrected chi connectivity index (χ3v) is 3.88. The summed E-state index contributed by atoms with van der Waals surface area (Å²) >= 11 is 0. The van der Waals surface area contributed by atoms with E-state index >= 15 is 0 Å². The van der Waals surface area contributed by atoms with Gasteiger partial charge in [0.15, 0.2) is 5.78 Å². The molecule has 0 fully saturated rings. The second-order valence-electron chi connectivity index (χ2n) is 5.56. The smallest absolute Gasteiger partial charge is 0.269 e. The standard InChI is InChI=1S/C18H18N2O4/c1-23-16-6-4-12(5-7-16)18(22)20-19-14-9-13(10-15(21)11-14)17-3-2-8-24-17/h2-8,11,13,19H,9-10H2,1H3,(H,20,22)/t13-/m1/s1. The number of hydrogen-bond donors (Lipinski definition) is 2. The molecule has 24 heavy (non-hydrogen) atoms. The molecule has 1 aliphatic carbocycles. The van der Waals surface area contributed by atoms with Crippen LogP contribution < -0.4 is 15.6 Å². The molecule has 3 rings (SSSR count). The number of methoxy groups -OCH3 is 1. The van der Waals surface area contributed by atoms with Crippen molar-refractivity contribution >= 4 is 11.7 Å². The molecule has 0 saturated carbocycles. The fraction of sp³-hybridized carbons (Fsp3) is 0.222. The summed E-state index contributed by atoms with van der Waals surface area (Å²) in [5, 5.41) is 0. The Kier molecular flexibility index (Phi) is 4.65. The predicted octanol–water partition coefficient (Wildman–Crippen LogP) is 2.55. The fourth-order valence-corrected chi connectivity index (χ4v) is 2.66. The number of amides is 1. The number of hydrazine groups is 1. The Morgan fingerprint density at radius 1 is 1.21 bits per heavy atom. The van der Waals surface area contributed by atoms with Crippen LogP contribution >= 0.6 is 0 Å². The van der Waals surface area contributed by atoms with E-state index in [1.165, 1.54) is 6.08 Å². The van der Waals surface area contributed by atoms with Gasteiger partial charge in [-0.1, -0.05) is 0 Å². The van der Waals surface area contributed by atoms with E-state index in [1.807, 2.05) is 6.07 Å². The van der Waals surface area contributed by atoms with E-state index in [-0.39, 0.29) is 17.6 Å². The van der Waals surface area contributed by atoms with Gasteiger partial charge in [-0.3, -0.25) is 15.0 Å². The number of allylic oxidation sites excluding steroid dienone is 2. The van der Waals surface area contributed by atoms with Crippen molar-refractivity contribution in [1.82, 2.24) is 10.9 Å². The summed E-state index contributed by atoms with van der Waals surface area (Å²) in [5.41, 5.74) is 6.61. The summed E-state index contributed by atoms with van der Waals surface area (Å²) < 4.78 is 10.4. The van der Waals surface area contributed by atoms with Crippen molar-refractivity contribution in [1.29, 1.82) is 0 Å². The maximum absolute atomic E-state index is 12.1. The van der Waals surface area contributed by atoms with Crippen LogP contribution in [0.2, 0.25) is 0 Å². The molecule has 124 valence electrons. The van der Waals surface area contributed by atoms with Crippen molar-refractivity contribution in [3.8, 4) is 5.75 Å². The Hall–Kier alpha value is -3.02. The first kappa shape index (κ1) is 15.9. The molecule has 1 aromatic carbocycles. The van der Waals surface area contributed by atoms with Crippen LogP contribution in [0.4, 0.5) is 0 Å². The number of carbonyl (C=O) groups is 2. The van der Waals surface area contributed by atoms with Gasteiger partial charge in [0, 0.05) is 29.7 Å². The molecule has 0 aliphatic heterocycles. The minimum Gasteiger partial charge on any atom is -0.497 e. The van der Waals surface area contributed by atoms with Gasteiger partial charge in [0.2, 0.25) is 0 Å². The van der Waals surface area contributed by atoms with Crippen LogP contribution in [-0.2, 0) is 4.79 Å². The lowest BCUT2D eigenvalue weighted by molar-refractivity contribution is -0.115. The average molecular weight is 326 g/mol. The van der Waals surface area contributed by atoms with E-state index in [2.05, 4.69) is 10.9 Å². The van der Waals surface area contributed by atoms with Gasteiger partial charge in [-0.15, -0.1) is 0 Å². The van der Waals surface area contributed by atoms with Gasteiger partial charge in [-0.05, 0) is 42.8 Å². The summed E-state index contributed by atoms with van der Waals surface area (Å²) in [5.74, 6) is 1.16. The van der Waals surface area contributed by atoms with Gasteiger partial charge in [-0.25, -0.2) is 0 Å². The summed E-state index contributed by atoms with van der Waals surface area (Å²) in [6.07, 6.45) is 4.12. The number of ether oxygens (including phenoxy) is 1. The van der Waals surface area contributed by atoms with E-state index in [1.54, 1.807) is 43.7 Å². The Bertz CT molecular complexity index is 748. The molecule has 0 saturated heterocycles. The van der Waals surface area contributed by atoms with Gasteiger partial charge in [0.05, 0.1) is 13.4 Å². The lowest BCUT2D eigenvalue weighted by atomic mass is 9.89. The van der Waals surface area contributed by atoms with Crippen LogP contribution in [0.15, 0.2) is 58.9 Å². The monoisotopic (exact) mass is 326 g/mol. The van der Waals surface area contributed by atoms with Gasteiger partial charge >= 0.3 is 0 Å². The van der Waals surface area contributed by atoms with Crippen LogP contribution in [-0.4, -0.2) is 18.8 Å². The molecule has 1 amide bonds. The van der Waals surface area contributed by atoms with Crippen LogP contribution in [0.3, 0.4) is 0 Å². The first-order valence-corrected chi connectivity index (χ1v) is 7.63. The molecule has 0 radical (unpaired) electrons. The second kappa shape index (κ2) is 7.04. The molecule has 1 atom stereocenters. The lowest BCUT2D eigenvalue weighted by Gasteiger charge is -2.21. The highest BCUT2D eigenvalue weighted by Crippen LogP contribution is 2.30. The first-order chi connectivity index (χ1) is 11.7. The number of furan rings is 1. The number of carbonyl (C=O) groups excluding carboxylic acids is 2. The molecular formula is C18H18N2O4. The third-order valence-electron chi connectivity index (χ3n) is 3.88. The van der Waals surface area contributed by atoms with Crippen molar-refractivity contribution in [2.75, 3.05) is 7.11 Å². The van der Waals surface area contributed by atoms with Crippen LogP contribution in [0, 0.1) is 0 Å². The minimum atomic E-state index is -0.286. The summed E-state index contributed by atoms with van der Waals surface area (Å²) in [6.45, 7) is 0. The maximum atomic E-state index is 12.1. The Labute approximate surface area is 139 Å². The van der Waals surface area contributed by atoms with Crippen molar-refractivity contribution in [2.45, 2.75) is 18.8 Å². The molecule has 6 nitrogen and oxygen atoms in total. The normalized spacial score (nSPS) is 17.1. The van der Waals surface area contributed by atoms with Gasteiger partial charge in [0.1, 0.15) is 11.5 Å². The van der Waals surface area contributed by atoms with Crippen molar-refractivity contribution < 1.29 is 18.7 Å². The van der Waals surface area contributed by atoms with E-state index in [0.717, 1.165) is 5.76 Å². The van der Waals surface area contributed by atoms with Crippen LogP contribution in [0.25, 0.3) is 0 Å². The fourth-order valence-electron chi connectivity index (χ4n) is 2.66. The largest absolute Gasteiger partial charge is 0.497 e. The average Bonchev–Trinajstić information content (AvgIpc) is 3.14. The highest BCUT2D eigenvalue weighted by Gasteiger charge is 2.24. The summed E-state index contributed by atoms with van der Waals surface area (Å²) in [7, 11) is 1.57. The van der Waals surface area contributed by atoms with Gasteiger partial charge in [-0.2, -0.15) is 0 Å². The van der Waals surface area contributed by atoms with E-state index in [4.69, 9.17) is 9.15 Å². The van der Waals surface area contributed by atoms with Gasteiger partial charge in [0.25, 0.3) is 5.91 Å². The molecular weight excluding hydrogens is 308 g/mol. The SMILES string of the molecule is COc1ccc(C(=O)NNC2=CC(=O)C[C@H](c3ccco3)C2)cc1. The molecule has 1 heterocycles. The zero-order valence-corrected chi connectivity index (χ0v) is 13.2. The number of hydrogen-bond acceptors (Lipinski definition) is 5. The van der Waals surface area contributed by atoms with E-state index < -0.39 is 0 Å². The highest BCUT2D eigenvalue weighted by molar-refractivity contribution is 5.94. The van der Waals surface area contributed by atoms with Crippen molar-refractivity contribution in [3.05, 3.63) is 65.8 Å². The van der Waals surface area contributed by atoms with E-state index in [0.29, 0.717) is 29.9 Å². The summed E-state index contributed by atoms with van der Waals surface area (Å²) in [4.78, 5) is 24.0. The second-order valence-corrected chi connectivity index (χ2v) is 5.56. The molecule has 0 unspecified atom stereocenters. The minimum absolute atomic E-state index is 0.00356. The zero-order chi connectivity index (χ0) is 16.9. The van der Waals surface area contributed by atoms with Crippen LogP contribution in [0.5, 0.6) is 5.75 Å².